The van der Waals surface area contributed by atoms with Gasteiger partial charge in [0.1, 0.15) is 5.75 Å². The van der Waals surface area contributed by atoms with E-state index in [1.807, 2.05) is 85.5 Å². The van der Waals surface area contributed by atoms with Gasteiger partial charge in [0, 0.05) is 57.1 Å². The number of nitrogens with one attached hydrogen (secondary N) is 1. The molecule has 0 bridgehead atoms. The summed E-state index contributed by atoms with van der Waals surface area (Å²) in [7, 11) is 1.70. The van der Waals surface area contributed by atoms with Crippen molar-refractivity contribution < 1.29 is 14.3 Å². The molecule has 0 radical (unpaired) electrons. The van der Waals surface area contributed by atoms with Gasteiger partial charge in [0.15, 0.2) is 0 Å². The fraction of sp³-hybridized carbons (Fsp3) is 0.355. The molecule has 1 saturated heterocycles. The SMILES string of the molecule is CCN(CC)C(=O)c1cc(NC(=O)CCc2ccccc2)ccc1N1CCN(c2ccccc2OC)CC1. The van der Waals surface area contributed by atoms with Gasteiger partial charge in [-0.15, -0.1) is 0 Å². The molecular weight excluding hydrogens is 476 g/mol. The fourth-order valence-electron chi connectivity index (χ4n) is 4.95. The minimum Gasteiger partial charge on any atom is -0.495 e. The first-order chi connectivity index (χ1) is 18.5. The summed E-state index contributed by atoms with van der Waals surface area (Å²) < 4.78 is 5.56. The van der Waals surface area contributed by atoms with Crippen molar-refractivity contribution in [3.8, 4) is 5.75 Å². The quantitative estimate of drug-likeness (QED) is 0.409. The number of anilines is 3. The number of ether oxygens (including phenoxy) is 1. The number of carbonyl (C=O) groups excluding carboxylic acids is 2. The third-order valence-corrected chi connectivity index (χ3v) is 7.09. The number of para-hydroxylation sites is 2. The lowest BCUT2D eigenvalue weighted by molar-refractivity contribution is -0.116. The molecule has 1 heterocycles. The lowest BCUT2D eigenvalue weighted by Gasteiger charge is -2.38. The molecule has 1 aliphatic heterocycles. The number of benzene rings is 3. The van der Waals surface area contributed by atoms with Crippen LogP contribution in [-0.2, 0) is 11.2 Å². The fourth-order valence-corrected chi connectivity index (χ4v) is 4.95. The number of aryl methyl sites for hydroxylation is 1. The Hall–Kier alpha value is -4.00. The molecule has 3 aromatic carbocycles. The Morgan fingerprint density at radius 3 is 2.13 bits per heavy atom. The number of hydrogen-bond acceptors (Lipinski definition) is 5. The van der Waals surface area contributed by atoms with E-state index >= 15 is 0 Å². The summed E-state index contributed by atoms with van der Waals surface area (Å²) >= 11 is 0. The van der Waals surface area contributed by atoms with Crippen LogP contribution in [0.3, 0.4) is 0 Å². The molecule has 200 valence electrons. The summed E-state index contributed by atoms with van der Waals surface area (Å²) in [5, 5.41) is 3.00. The van der Waals surface area contributed by atoms with Gasteiger partial charge in [-0.05, 0) is 56.2 Å². The van der Waals surface area contributed by atoms with Gasteiger partial charge in [0.25, 0.3) is 5.91 Å². The summed E-state index contributed by atoms with van der Waals surface area (Å²) in [6.45, 7) is 8.42. The molecule has 0 unspecified atom stereocenters. The van der Waals surface area contributed by atoms with E-state index in [0.29, 0.717) is 37.2 Å². The molecule has 0 atom stereocenters. The number of piperazine rings is 1. The second-order valence-corrected chi connectivity index (χ2v) is 9.39. The minimum absolute atomic E-state index is 0.0162. The van der Waals surface area contributed by atoms with Gasteiger partial charge in [-0.1, -0.05) is 42.5 Å². The largest absolute Gasteiger partial charge is 0.495 e. The number of hydrogen-bond donors (Lipinski definition) is 1. The third-order valence-electron chi connectivity index (χ3n) is 7.09. The zero-order valence-corrected chi connectivity index (χ0v) is 22.7. The summed E-state index contributed by atoms with van der Waals surface area (Å²) in [6.07, 6.45) is 1.06. The summed E-state index contributed by atoms with van der Waals surface area (Å²) in [6, 6.07) is 23.8. The second kappa shape index (κ2) is 13.0. The van der Waals surface area contributed by atoms with Crippen molar-refractivity contribution in [1.29, 1.82) is 0 Å². The average molecular weight is 515 g/mol. The Balaban J connectivity index is 1.50. The molecule has 0 aliphatic carbocycles. The first kappa shape index (κ1) is 27.0. The van der Waals surface area contributed by atoms with Gasteiger partial charge in [-0.25, -0.2) is 0 Å². The zero-order valence-electron chi connectivity index (χ0n) is 22.7. The third kappa shape index (κ3) is 6.46. The number of carbonyl (C=O) groups is 2. The van der Waals surface area contributed by atoms with E-state index in [0.717, 1.165) is 48.9 Å². The van der Waals surface area contributed by atoms with E-state index in [-0.39, 0.29) is 11.8 Å². The highest BCUT2D eigenvalue weighted by Crippen LogP contribution is 2.31. The maximum absolute atomic E-state index is 13.5. The highest BCUT2D eigenvalue weighted by Gasteiger charge is 2.25. The number of amides is 2. The maximum atomic E-state index is 13.5. The summed E-state index contributed by atoms with van der Waals surface area (Å²) in [5.41, 5.74) is 4.39. The van der Waals surface area contributed by atoms with Gasteiger partial charge < -0.3 is 24.8 Å². The highest BCUT2D eigenvalue weighted by atomic mass is 16.5. The lowest BCUT2D eigenvalue weighted by Crippen LogP contribution is -2.47. The van der Waals surface area contributed by atoms with Crippen LogP contribution < -0.4 is 19.9 Å². The predicted octanol–water partition coefficient (Wildman–Crippen LogP) is 5.08. The van der Waals surface area contributed by atoms with Crippen LogP contribution in [0.15, 0.2) is 72.8 Å². The zero-order chi connectivity index (χ0) is 26.9. The topological polar surface area (TPSA) is 65.1 Å². The van der Waals surface area contributed by atoms with Crippen LogP contribution in [0.5, 0.6) is 5.75 Å². The number of nitrogens with zero attached hydrogens (tertiary/aromatic N) is 3. The first-order valence-corrected chi connectivity index (χ1v) is 13.4. The van der Waals surface area contributed by atoms with E-state index in [1.165, 1.54) is 0 Å². The molecule has 4 rings (SSSR count). The molecule has 3 aromatic rings. The van der Waals surface area contributed by atoms with Crippen molar-refractivity contribution in [2.24, 2.45) is 0 Å². The Bertz CT molecular complexity index is 1220. The summed E-state index contributed by atoms with van der Waals surface area (Å²) in [5.74, 6) is 0.788. The van der Waals surface area contributed by atoms with Gasteiger partial charge in [0.05, 0.1) is 18.4 Å². The molecule has 0 saturated carbocycles. The Morgan fingerprint density at radius 2 is 1.47 bits per heavy atom. The van der Waals surface area contributed by atoms with Crippen molar-refractivity contribution in [3.63, 3.8) is 0 Å². The van der Waals surface area contributed by atoms with Gasteiger partial charge in [-0.3, -0.25) is 9.59 Å². The molecule has 0 spiro atoms. The molecule has 2 amide bonds. The van der Waals surface area contributed by atoms with Gasteiger partial charge in [-0.2, -0.15) is 0 Å². The molecule has 0 aromatic heterocycles. The van der Waals surface area contributed by atoms with Crippen LogP contribution in [-0.4, -0.2) is 63.1 Å². The van der Waals surface area contributed by atoms with E-state index in [1.54, 1.807) is 7.11 Å². The average Bonchev–Trinajstić information content (AvgIpc) is 2.97. The van der Waals surface area contributed by atoms with Crippen LogP contribution in [0, 0.1) is 0 Å². The van der Waals surface area contributed by atoms with E-state index in [4.69, 9.17) is 4.74 Å². The monoisotopic (exact) mass is 514 g/mol. The normalized spacial score (nSPS) is 13.2. The molecule has 1 N–H and O–H groups in total. The predicted molar refractivity (Wildman–Crippen MR) is 155 cm³/mol. The second-order valence-electron chi connectivity index (χ2n) is 9.39. The van der Waals surface area contributed by atoms with Crippen molar-refractivity contribution >= 4 is 28.9 Å². The first-order valence-electron chi connectivity index (χ1n) is 13.4. The Morgan fingerprint density at radius 1 is 0.842 bits per heavy atom. The van der Waals surface area contributed by atoms with Gasteiger partial charge >= 0.3 is 0 Å². The lowest BCUT2D eigenvalue weighted by atomic mass is 10.1. The smallest absolute Gasteiger partial charge is 0.256 e. The highest BCUT2D eigenvalue weighted by molar-refractivity contribution is 6.02. The number of methoxy groups -OCH3 is 1. The van der Waals surface area contributed by atoms with Crippen LogP contribution in [0.4, 0.5) is 17.1 Å². The van der Waals surface area contributed by atoms with Crippen LogP contribution >= 0.6 is 0 Å². The van der Waals surface area contributed by atoms with Crippen molar-refractivity contribution in [2.45, 2.75) is 26.7 Å². The Kier molecular flexibility index (Phi) is 9.25. The molecule has 7 heteroatoms. The minimum atomic E-state index is -0.0618. The molecule has 38 heavy (non-hydrogen) atoms. The maximum Gasteiger partial charge on any atom is 0.256 e. The standard InChI is InChI=1S/C31H38N4O3/c1-4-33(5-2)31(37)26-23-25(32-30(36)18-15-24-11-7-6-8-12-24)16-17-27(26)34-19-21-35(22-20-34)28-13-9-10-14-29(28)38-3/h6-14,16-17,23H,4-5,15,18-22H2,1-3H3,(H,32,36). The molecule has 1 aliphatic rings. The van der Waals surface area contributed by atoms with Crippen molar-refractivity contribution in [3.05, 3.63) is 83.9 Å². The summed E-state index contributed by atoms with van der Waals surface area (Å²) in [4.78, 5) is 32.7. The van der Waals surface area contributed by atoms with Crippen molar-refractivity contribution in [2.75, 3.05) is 61.5 Å². The van der Waals surface area contributed by atoms with E-state index in [9.17, 15) is 9.59 Å². The van der Waals surface area contributed by atoms with Crippen LogP contribution in [0.25, 0.3) is 0 Å². The van der Waals surface area contributed by atoms with E-state index in [2.05, 4.69) is 21.2 Å². The Labute approximate surface area is 226 Å². The van der Waals surface area contributed by atoms with Crippen LogP contribution in [0.1, 0.15) is 36.2 Å². The van der Waals surface area contributed by atoms with Gasteiger partial charge in [0.2, 0.25) is 5.91 Å². The molecular formula is C31H38N4O3. The van der Waals surface area contributed by atoms with E-state index < -0.39 is 0 Å². The molecule has 7 nitrogen and oxygen atoms in total. The van der Waals surface area contributed by atoms with Crippen molar-refractivity contribution in [1.82, 2.24) is 4.90 Å². The van der Waals surface area contributed by atoms with Crippen LogP contribution in [0.2, 0.25) is 0 Å². The number of rotatable bonds is 10. The molecule has 1 fully saturated rings.